The summed E-state index contributed by atoms with van der Waals surface area (Å²) in [6.45, 7) is 0. The van der Waals surface area contributed by atoms with Gasteiger partial charge in [-0.1, -0.05) is 54.0 Å². The molecule has 1 aliphatic rings. The molecular formula is C17H17ClN4OS3. The third kappa shape index (κ3) is 4.65. The second-order valence-corrected chi connectivity index (χ2v) is 9.40. The standard InChI is InChI=1S/C17H17ClN4OS3/c18-12-4-6-13(7-5-12)22-16(24)26-15(21-22)25-10-14(23)20-17(11-19)8-2-1-3-9-17/h4-7H,1-3,8-10H2,(H,20,23). The highest BCUT2D eigenvalue weighted by Gasteiger charge is 2.33. The van der Waals surface area contributed by atoms with Crippen LogP contribution in [0.15, 0.2) is 28.6 Å². The molecule has 0 aliphatic heterocycles. The first-order chi connectivity index (χ1) is 12.5. The lowest BCUT2D eigenvalue weighted by Crippen LogP contribution is -2.49. The van der Waals surface area contributed by atoms with Gasteiger partial charge in [-0.05, 0) is 49.3 Å². The maximum atomic E-state index is 12.3. The zero-order valence-corrected chi connectivity index (χ0v) is 17.1. The van der Waals surface area contributed by atoms with Crippen molar-refractivity contribution in [1.82, 2.24) is 15.1 Å². The molecule has 0 saturated heterocycles. The van der Waals surface area contributed by atoms with Gasteiger partial charge in [0, 0.05) is 5.02 Å². The van der Waals surface area contributed by atoms with Gasteiger partial charge in [-0.25, -0.2) is 4.68 Å². The predicted octanol–water partition coefficient (Wildman–Crippen LogP) is 4.75. The monoisotopic (exact) mass is 424 g/mol. The highest BCUT2D eigenvalue weighted by molar-refractivity contribution is 8.01. The Morgan fingerprint density at radius 3 is 2.73 bits per heavy atom. The summed E-state index contributed by atoms with van der Waals surface area (Å²) < 4.78 is 2.99. The maximum Gasteiger partial charge on any atom is 0.231 e. The number of rotatable bonds is 5. The fourth-order valence-electron chi connectivity index (χ4n) is 2.91. The van der Waals surface area contributed by atoms with Crippen LogP contribution in [0.1, 0.15) is 32.1 Å². The van der Waals surface area contributed by atoms with E-state index in [1.807, 2.05) is 12.1 Å². The Balaban J connectivity index is 1.62. The van der Waals surface area contributed by atoms with Crippen LogP contribution in [0, 0.1) is 15.3 Å². The second-order valence-electron chi connectivity index (χ2n) is 6.11. The van der Waals surface area contributed by atoms with Crippen molar-refractivity contribution in [2.24, 2.45) is 0 Å². The Morgan fingerprint density at radius 2 is 2.08 bits per heavy atom. The summed E-state index contributed by atoms with van der Waals surface area (Å²) in [5.41, 5.74) is 0.128. The van der Waals surface area contributed by atoms with Crippen LogP contribution in [0.3, 0.4) is 0 Å². The van der Waals surface area contributed by atoms with E-state index in [0.29, 0.717) is 8.98 Å². The predicted molar refractivity (Wildman–Crippen MR) is 108 cm³/mol. The van der Waals surface area contributed by atoms with E-state index in [2.05, 4.69) is 16.5 Å². The van der Waals surface area contributed by atoms with Gasteiger partial charge < -0.3 is 5.32 Å². The van der Waals surface area contributed by atoms with Crippen molar-refractivity contribution < 1.29 is 4.79 Å². The molecule has 1 amide bonds. The fraction of sp³-hybridized carbons (Fsp3) is 0.412. The van der Waals surface area contributed by atoms with Crippen LogP contribution < -0.4 is 5.32 Å². The molecule has 1 heterocycles. The molecule has 5 nitrogen and oxygen atoms in total. The highest BCUT2D eigenvalue weighted by Crippen LogP contribution is 2.28. The van der Waals surface area contributed by atoms with Crippen LogP contribution >= 0.6 is 46.9 Å². The number of hydrogen-bond donors (Lipinski definition) is 1. The normalized spacial score (nSPS) is 16.0. The SMILES string of the molecule is N#CC1(NC(=O)CSc2nn(-c3ccc(Cl)cc3)c(=S)s2)CCCCC1. The molecule has 0 spiro atoms. The minimum absolute atomic E-state index is 0.141. The number of aromatic nitrogens is 2. The average Bonchev–Trinajstić information content (AvgIpc) is 3.02. The van der Waals surface area contributed by atoms with Gasteiger partial charge in [0.15, 0.2) is 8.29 Å². The number of carbonyl (C=O) groups excluding carboxylic acids is 1. The van der Waals surface area contributed by atoms with Crippen molar-refractivity contribution >= 4 is 52.8 Å². The third-order valence-corrected chi connectivity index (χ3v) is 6.84. The Labute approximate surface area is 170 Å². The molecule has 1 aromatic heterocycles. The van der Waals surface area contributed by atoms with E-state index >= 15 is 0 Å². The van der Waals surface area contributed by atoms with E-state index in [1.54, 1.807) is 16.8 Å². The molecule has 1 N–H and O–H groups in total. The van der Waals surface area contributed by atoms with Crippen molar-refractivity contribution in [2.75, 3.05) is 5.75 Å². The summed E-state index contributed by atoms with van der Waals surface area (Å²) in [6, 6.07) is 9.56. The molecule has 3 rings (SSSR count). The van der Waals surface area contributed by atoms with Gasteiger partial charge in [0.1, 0.15) is 5.54 Å². The third-order valence-electron chi connectivity index (χ3n) is 4.23. The van der Waals surface area contributed by atoms with Crippen LogP contribution in [0.4, 0.5) is 0 Å². The Hall–Kier alpha value is -1.40. The maximum absolute atomic E-state index is 12.3. The zero-order valence-electron chi connectivity index (χ0n) is 13.9. The van der Waals surface area contributed by atoms with Crippen molar-refractivity contribution in [3.05, 3.63) is 33.2 Å². The number of nitrogens with zero attached hydrogens (tertiary/aromatic N) is 3. The number of benzene rings is 1. The lowest BCUT2D eigenvalue weighted by molar-refractivity contribution is -0.120. The Morgan fingerprint density at radius 1 is 1.38 bits per heavy atom. The van der Waals surface area contributed by atoms with Gasteiger partial charge in [-0.2, -0.15) is 5.26 Å². The molecule has 0 radical (unpaired) electrons. The number of carbonyl (C=O) groups is 1. The van der Waals surface area contributed by atoms with Gasteiger partial charge in [0.05, 0.1) is 17.5 Å². The number of nitrogens with one attached hydrogen (secondary N) is 1. The van der Waals surface area contributed by atoms with E-state index < -0.39 is 5.54 Å². The molecule has 9 heteroatoms. The molecule has 26 heavy (non-hydrogen) atoms. The molecule has 0 atom stereocenters. The molecule has 0 unspecified atom stereocenters. The van der Waals surface area contributed by atoms with Crippen molar-refractivity contribution in [1.29, 1.82) is 5.26 Å². The first kappa shape index (κ1) is 19.4. The first-order valence-electron chi connectivity index (χ1n) is 8.22. The summed E-state index contributed by atoms with van der Waals surface area (Å²) >= 11 is 14.0. The quantitative estimate of drug-likeness (QED) is 0.553. The minimum atomic E-state index is -0.703. The summed E-state index contributed by atoms with van der Waals surface area (Å²) in [7, 11) is 0. The first-order valence-corrected chi connectivity index (χ1v) is 10.8. The summed E-state index contributed by atoms with van der Waals surface area (Å²) in [5, 5.41) is 17.5. The van der Waals surface area contributed by atoms with Crippen molar-refractivity contribution in [3.63, 3.8) is 0 Å². The van der Waals surface area contributed by atoms with Gasteiger partial charge in [-0.3, -0.25) is 4.79 Å². The topological polar surface area (TPSA) is 70.7 Å². The van der Waals surface area contributed by atoms with E-state index in [-0.39, 0.29) is 11.7 Å². The Kier molecular flexibility index (Phi) is 6.35. The van der Waals surface area contributed by atoms with E-state index in [9.17, 15) is 10.1 Å². The van der Waals surface area contributed by atoms with Gasteiger partial charge >= 0.3 is 0 Å². The average molecular weight is 425 g/mol. The molecule has 1 aromatic carbocycles. The van der Waals surface area contributed by atoms with Crippen LogP contribution in [-0.4, -0.2) is 27.0 Å². The van der Waals surface area contributed by atoms with Crippen LogP contribution in [0.25, 0.3) is 5.69 Å². The van der Waals surface area contributed by atoms with Gasteiger partial charge in [0.25, 0.3) is 0 Å². The molecule has 1 aliphatic carbocycles. The Bertz CT molecular complexity index is 879. The lowest BCUT2D eigenvalue weighted by Gasteiger charge is -2.31. The van der Waals surface area contributed by atoms with Crippen LogP contribution in [0.2, 0.25) is 5.02 Å². The van der Waals surface area contributed by atoms with Gasteiger partial charge in [0.2, 0.25) is 5.91 Å². The molecule has 1 fully saturated rings. The molecular weight excluding hydrogens is 408 g/mol. The summed E-state index contributed by atoms with van der Waals surface area (Å²) in [5.74, 6) is 0.0735. The molecule has 2 aromatic rings. The highest BCUT2D eigenvalue weighted by atomic mass is 35.5. The smallest absolute Gasteiger partial charge is 0.231 e. The zero-order chi connectivity index (χ0) is 18.6. The fourth-order valence-corrected chi connectivity index (χ4v) is 5.20. The lowest BCUT2D eigenvalue weighted by atomic mass is 9.83. The van der Waals surface area contributed by atoms with Crippen molar-refractivity contribution in [3.8, 4) is 11.8 Å². The summed E-state index contributed by atoms with van der Waals surface area (Å²) in [4.78, 5) is 12.3. The number of hydrogen-bond acceptors (Lipinski definition) is 6. The van der Waals surface area contributed by atoms with E-state index in [0.717, 1.165) is 42.1 Å². The van der Waals surface area contributed by atoms with E-state index in [4.69, 9.17) is 23.8 Å². The van der Waals surface area contributed by atoms with E-state index in [1.165, 1.54) is 23.1 Å². The second kappa shape index (κ2) is 8.53. The van der Waals surface area contributed by atoms with Gasteiger partial charge in [-0.15, -0.1) is 5.10 Å². The number of thioether (sulfide) groups is 1. The number of nitriles is 1. The number of amides is 1. The van der Waals surface area contributed by atoms with Crippen molar-refractivity contribution in [2.45, 2.75) is 42.0 Å². The minimum Gasteiger partial charge on any atom is -0.337 e. The number of halogens is 1. The molecule has 1 saturated carbocycles. The summed E-state index contributed by atoms with van der Waals surface area (Å²) in [6.07, 6.45) is 4.54. The van der Waals surface area contributed by atoms with Crippen LogP contribution in [-0.2, 0) is 4.79 Å². The largest absolute Gasteiger partial charge is 0.337 e. The van der Waals surface area contributed by atoms with Crippen LogP contribution in [0.5, 0.6) is 0 Å². The molecule has 136 valence electrons. The molecule has 0 bridgehead atoms.